The Hall–Kier alpha value is -1.08. The van der Waals surface area contributed by atoms with Gasteiger partial charge in [0.2, 0.25) is 0 Å². The van der Waals surface area contributed by atoms with Crippen molar-refractivity contribution in [2.75, 3.05) is 5.75 Å². The number of rotatable bonds is 7. The average molecular weight is 333 g/mol. The van der Waals surface area contributed by atoms with Gasteiger partial charge in [-0.15, -0.1) is 0 Å². The smallest absolute Gasteiger partial charge is 0.307 e. The molecule has 0 aliphatic rings. The van der Waals surface area contributed by atoms with Crippen molar-refractivity contribution < 1.29 is 24.9 Å². The van der Waals surface area contributed by atoms with Crippen LogP contribution in [0.15, 0.2) is 18.2 Å². The molecule has 116 valence electrons. The maximum absolute atomic E-state index is 10.8. The summed E-state index contributed by atoms with van der Waals surface area (Å²) in [5, 5.41) is 29.3. The van der Waals surface area contributed by atoms with Crippen molar-refractivity contribution in [2.24, 2.45) is 0 Å². The minimum Gasteiger partial charge on any atom is -0.481 e. The van der Waals surface area contributed by atoms with E-state index in [0.717, 1.165) is 11.8 Å². The van der Waals surface area contributed by atoms with Crippen molar-refractivity contribution in [3.8, 4) is 0 Å². The molecule has 0 heterocycles. The van der Waals surface area contributed by atoms with Gasteiger partial charge in [-0.2, -0.15) is 0 Å². The van der Waals surface area contributed by atoms with Crippen LogP contribution in [0.3, 0.4) is 0 Å². The molecule has 0 amide bonds. The van der Waals surface area contributed by atoms with Crippen molar-refractivity contribution in [1.82, 2.24) is 0 Å². The Balaban J connectivity index is 2.82. The monoisotopic (exact) mass is 332 g/mol. The average Bonchev–Trinajstić information content (AvgIpc) is 2.36. The van der Waals surface area contributed by atoms with E-state index in [1.54, 1.807) is 0 Å². The fourth-order valence-corrected chi connectivity index (χ4v) is 2.71. The molecule has 0 fully saturated rings. The lowest BCUT2D eigenvalue weighted by atomic mass is 9.96. The summed E-state index contributed by atoms with van der Waals surface area (Å²) in [6, 6.07) is 4.50. The number of benzene rings is 1. The van der Waals surface area contributed by atoms with E-state index in [4.69, 9.17) is 16.7 Å². The number of carbonyl (C=O) groups excluding carboxylic acids is 1. The van der Waals surface area contributed by atoms with Crippen LogP contribution in [-0.4, -0.2) is 38.3 Å². The van der Waals surface area contributed by atoms with E-state index >= 15 is 0 Å². The minimum absolute atomic E-state index is 0.0604. The number of hydrogen-bond acceptors (Lipinski definition) is 5. The maximum atomic E-state index is 10.8. The lowest BCUT2D eigenvalue weighted by Crippen LogP contribution is -2.21. The van der Waals surface area contributed by atoms with E-state index in [2.05, 4.69) is 0 Å². The summed E-state index contributed by atoms with van der Waals surface area (Å²) in [7, 11) is 0. The third-order valence-corrected chi connectivity index (χ3v) is 3.93. The molecule has 0 aliphatic heterocycles. The van der Waals surface area contributed by atoms with Crippen LogP contribution in [0.25, 0.3) is 0 Å². The van der Waals surface area contributed by atoms with Gasteiger partial charge in [-0.25, -0.2) is 0 Å². The van der Waals surface area contributed by atoms with Crippen molar-refractivity contribution in [2.45, 2.75) is 32.0 Å². The second-order valence-corrected chi connectivity index (χ2v) is 6.26. The second-order valence-electron chi connectivity index (χ2n) is 4.55. The van der Waals surface area contributed by atoms with Gasteiger partial charge in [0.25, 0.3) is 0 Å². The summed E-state index contributed by atoms with van der Waals surface area (Å²) in [4.78, 5) is 21.7. The number of carboxylic acid groups (broad SMARTS) is 1. The normalized spacial score (nSPS) is 13.7. The first-order valence-electron chi connectivity index (χ1n) is 6.31. The van der Waals surface area contributed by atoms with Crippen LogP contribution < -0.4 is 0 Å². The predicted octanol–water partition coefficient (Wildman–Crippen LogP) is 2.03. The molecule has 1 rings (SSSR count). The highest BCUT2D eigenvalue weighted by Crippen LogP contribution is 2.26. The standard InChI is InChI=1S/C14H17ClO5S/c1-8(16)21-5-4-12(17)14(20)11-3-2-10(15)6-9(11)7-13(18)19/h2-3,6,12,14,17,20H,4-5,7H2,1H3,(H,18,19). The number of aliphatic hydroxyl groups is 2. The van der Waals surface area contributed by atoms with Crippen LogP contribution in [-0.2, 0) is 16.0 Å². The summed E-state index contributed by atoms with van der Waals surface area (Å²) in [5.41, 5.74) is 0.697. The molecule has 0 saturated heterocycles. The van der Waals surface area contributed by atoms with Crippen LogP contribution in [0.4, 0.5) is 0 Å². The van der Waals surface area contributed by atoms with Gasteiger partial charge in [-0.05, 0) is 29.7 Å². The molecule has 2 atom stereocenters. The molecule has 0 aromatic heterocycles. The Morgan fingerprint density at radius 2 is 2.00 bits per heavy atom. The van der Waals surface area contributed by atoms with Crippen molar-refractivity contribution in [3.05, 3.63) is 34.3 Å². The zero-order chi connectivity index (χ0) is 16.0. The van der Waals surface area contributed by atoms with Gasteiger partial charge in [-0.1, -0.05) is 29.4 Å². The van der Waals surface area contributed by atoms with Crippen LogP contribution in [0.2, 0.25) is 5.02 Å². The fourth-order valence-electron chi connectivity index (χ4n) is 1.87. The molecule has 2 unspecified atom stereocenters. The van der Waals surface area contributed by atoms with Gasteiger partial charge < -0.3 is 15.3 Å². The Bertz CT molecular complexity index is 520. The van der Waals surface area contributed by atoms with Gasteiger partial charge in [0, 0.05) is 17.7 Å². The molecular weight excluding hydrogens is 316 g/mol. The number of aliphatic carboxylic acids is 1. The quantitative estimate of drug-likeness (QED) is 0.707. The van der Waals surface area contributed by atoms with Crippen LogP contribution in [0, 0.1) is 0 Å². The molecule has 0 bridgehead atoms. The largest absolute Gasteiger partial charge is 0.481 e. The van der Waals surface area contributed by atoms with E-state index in [-0.39, 0.29) is 18.0 Å². The van der Waals surface area contributed by atoms with Gasteiger partial charge >= 0.3 is 5.97 Å². The molecular formula is C14H17ClO5S. The number of thioether (sulfide) groups is 1. The molecule has 0 radical (unpaired) electrons. The first kappa shape index (κ1) is 18.0. The molecule has 1 aromatic carbocycles. The van der Waals surface area contributed by atoms with E-state index in [0.29, 0.717) is 21.9 Å². The van der Waals surface area contributed by atoms with Crippen LogP contribution in [0.1, 0.15) is 30.6 Å². The van der Waals surface area contributed by atoms with Crippen molar-refractivity contribution in [3.63, 3.8) is 0 Å². The zero-order valence-electron chi connectivity index (χ0n) is 11.5. The van der Waals surface area contributed by atoms with Crippen LogP contribution in [0.5, 0.6) is 0 Å². The number of hydrogen-bond donors (Lipinski definition) is 3. The number of carbonyl (C=O) groups is 2. The molecule has 0 spiro atoms. The highest BCUT2D eigenvalue weighted by molar-refractivity contribution is 8.13. The van der Waals surface area contributed by atoms with E-state index in [1.807, 2.05) is 0 Å². The first-order valence-corrected chi connectivity index (χ1v) is 7.67. The predicted molar refractivity (Wildman–Crippen MR) is 81.5 cm³/mol. The number of aliphatic hydroxyl groups excluding tert-OH is 2. The summed E-state index contributed by atoms with van der Waals surface area (Å²) >= 11 is 6.89. The summed E-state index contributed by atoms with van der Waals surface area (Å²) in [6.45, 7) is 1.43. The number of halogens is 1. The topological polar surface area (TPSA) is 94.8 Å². The lowest BCUT2D eigenvalue weighted by molar-refractivity contribution is -0.136. The number of carboxylic acids is 1. The van der Waals surface area contributed by atoms with Crippen LogP contribution >= 0.6 is 23.4 Å². The highest BCUT2D eigenvalue weighted by atomic mass is 35.5. The fraction of sp³-hybridized carbons (Fsp3) is 0.429. The van der Waals surface area contributed by atoms with Gasteiger partial charge in [0.15, 0.2) is 5.12 Å². The second kappa shape index (κ2) is 8.38. The van der Waals surface area contributed by atoms with E-state index in [9.17, 15) is 19.8 Å². The molecule has 3 N–H and O–H groups in total. The Kier molecular flexibility index (Phi) is 7.17. The SMILES string of the molecule is CC(=O)SCCC(O)C(O)c1ccc(Cl)cc1CC(=O)O. The Labute approximate surface area is 131 Å². The molecule has 5 nitrogen and oxygen atoms in total. The third-order valence-electron chi connectivity index (χ3n) is 2.85. The molecule has 0 aliphatic carbocycles. The van der Waals surface area contributed by atoms with E-state index in [1.165, 1.54) is 25.1 Å². The molecule has 7 heteroatoms. The van der Waals surface area contributed by atoms with Gasteiger partial charge in [-0.3, -0.25) is 9.59 Å². The molecule has 21 heavy (non-hydrogen) atoms. The Morgan fingerprint density at radius 1 is 1.33 bits per heavy atom. The zero-order valence-corrected chi connectivity index (χ0v) is 13.0. The van der Waals surface area contributed by atoms with Gasteiger partial charge in [0.1, 0.15) is 6.10 Å². The Morgan fingerprint density at radius 3 is 2.57 bits per heavy atom. The lowest BCUT2D eigenvalue weighted by Gasteiger charge is -2.20. The minimum atomic E-state index is -1.22. The maximum Gasteiger partial charge on any atom is 0.307 e. The third kappa shape index (κ3) is 6.05. The van der Waals surface area contributed by atoms with Crippen molar-refractivity contribution in [1.29, 1.82) is 0 Å². The molecule has 1 aromatic rings. The van der Waals surface area contributed by atoms with Crippen molar-refractivity contribution >= 4 is 34.4 Å². The summed E-state index contributed by atoms with van der Waals surface area (Å²) in [5.74, 6) is -0.664. The highest BCUT2D eigenvalue weighted by Gasteiger charge is 2.22. The molecule has 0 saturated carbocycles. The first-order chi connectivity index (χ1) is 9.81. The van der Waals surface area contributed by atoms with Gasteiger partial charge in [0.05, 0.1) is 12.5 Å². The van der Waals surface area contributed by atoms with E-state index < -0.39 is 18.2 Å². The summed E-state index contributed by atoms with van der Waals surface area (Å²) in [6.07, 6.45) is -2.36. The summed E-state index contributed by atoms with van der Waals surface area (Å²) < 4.78 is 0.